The van der Waals surface area contributed by atoms with Crippen molar-refractivity contribution in [1.82, 2.24) is 0 Å². The lowest BCUT2D eigenvalue weighted by molar-refractivity contribution is 0.0562. The van der Waals surface area contributed by atoms with E-state index in [2.05, 4.69) is 6.92 Å². The molecule has 1 atom stereocenters. The van der Waals surface area contributed by atoms with Gasteiger partial charge in [-0.2, -0.15) is 0 Å². The Kier molecular flexibility index (Phi) is 5.69. The first-order valence-electron chi connectivity index (χ1n) is 5.34. The molecular weight excluding hydrogens is 210 g/mol. The smallest absolute Gasteiger partial charge is 0.109 e. The molecule has 0 heterocycles. The Morgan fingerprint density at radius 2 is 2.27 bits per heavy atom. The molecule has 3 heteroatoms. The number of halogens is 1. The highest BCUT2D eigenvalue weighted by atomic mass is 35.5. The van der Waals surface area contributed by atoms with E-state index in [-0.39, 0.29) is 6.23 Å². The van der Waals surface area contributed by atoms with Crippen LogP contribution in [0.3, 0.4) is 0 Å². The largest absolute Gasteiger partial charge is 0.363 e. The highest BCUT2D eigenvalue weighted by molar-refractivity contribution is 6.30. The van der Waals surface area contributed by atoms with Gasteiger partial charge in [-0.3, -0.25) is 0 Å². The van der Waals surface area contributed by atoms with Gasteiger partial charge >= 0.3 is 0 Å². The first-order chi connectivity index (χ1) is 7.22. The lowest BCUT2D eigenvalue weighted by Gasteiger charge is -2.12. The summed E-state index contributed by atoms with van der Waals surface area (Å²) in [6.45, 7) is 2.87. The van der Waals surface area contributed by atoms with Gasteiger partial charge in [-0.05, 0) is 24.1 Å². The van der Waals surface area contributed by atoms with Gasteiger partial charge in [-0.25, -0.2) is 0 Å². The van der Waals surface area contributed by atoms with Gasteiger partial charge in [0.05, 0.1) is 0 Å². The third-order valence-electron chi connectivity index (χ3n) is 2.16. The van der Waals surface area contributed by atoms with E-state index in [9.17, 15) is 0 Å². The van der Waals surface area contributed by atoms with Crippen molar-refractivity contribution in [2.24, 2.45) is 5.73 Å². The molecule has 0 aliphatic carbocycles. The van der Waals surface area contributed by atoms with E-state index in [1.165, 1.54) is 0 Å². The summed E-state index contributed by atoms with van der Waals surface area (Å²) in [6, 6.07) is 7.71. The predicted octanol–water partition coefficient (Wildman–Crippen LogP) is 2.98. The zero-order chi connectivity index (χ0) is 11.1. The van der Waals surface area contributed by atoms with Crippen LogP contribution in [-0.4, -0.2) is 12.8 Å². The van der Waals surface area contributed by atoms with Crippen LogP contribution in [0.15, 0.2) is 24.3 Å². The average molecular weight is 228 g/mol. The van der Waals surface area contributed by atoms with Gasteiger partial charge in [-0.15, -0.1) is 0 Å². The monoisotopic (exact) mass is 227 g/mol. The van der Waals surface area contributed by atoms with Crippen molar-refractivity contribution in [3.63, 3.8) is 0 Å². The zero-order valence-electron chi connectivity index (χ0n) is 9.08. The molecule has 0 bridgehead atoms. The summed E-state index contributed by atoms with van der Waals surface area (Å²) in [5, 5.41) is 0.744. The molecule has 0 aliphatic heterocycles. The summed E-state index contributed by atoms with van der Waals surface area (Å²) in [5.41, 5.74) is 6.95. The van der Waals surface area contributed by atoms with Crippen molar-refractivity contribution < 1.29 is 4.74 Å². The number of benzene rings is 1. The second-order valence-corrected chi connectivity index (χ2v) is 4.03. The van der Waals surface area contributed by atoms with E-state index < -0.39 is 0 Å². The molecule has 84 valence electrons. The maximum absolute atomic E-state index is 5.87. The topological polar surface area (TPSA) is 35.2 Å². The van der Waals surface area contributed by atoms with Crippen LogP contribution in [0.25, 0.3) is 0 Å². The Bertz CT molecular complexity index is 291. The minimum absolute atomic E-state index is 0.227. The summed E-state index contributed by atoms with van der Waals surface area (Å²) in [5.74, 6) is 0. The normalized spacial score (nSPS) is 12.7. The third-order valence-corrected chi connectivity index (χ3v) is 2.39. The second kappa shape index (κ2) is 6.83. The van der Waals surface area contributed by atoms with Crippen LogP contribution in [0, 0.1) is 0 Å². The molecule has 2 nitrogen and oxygen atoms in total. The molecule has 0 radical (unpaired) electrons. The molecule has 0 spiro atoms. The van der Waals surface area contributed by atoms with Crippen LogP contribution in [0.5, 0.6) is 0 Å². The maximum atomic E-state index is 5.87. The number of ether oxygens (including phenoxy) is 1. The minimum Gasteiger partial charge on any atom is -0.363 e. The van der Waals surface area contributed by atoms with E-state index in [1.807, 2.05) is 24.3 Å². The van der Waals surface area contributed by atoms with Crippen LogP contribution in [0.2, 0.25) is 5.02 Å². The van der Waals surface area contributed by atoms with Crippen molar-refractivity contribution in [2.75, 3.05) is 6.61 Å². The van der Waals surface area contributed by atoms with Crippen LogP contribution in [0.1, 0.15) is 25.3 Å². The van der Waals surface area contributed by atoms with Crippen LogP contribution < -0.4 is 5.73 Å². The molecule has 0 amide bonds. The summed E-state index contributed by atoms with van der Waals surface area (Å²) >= 11 is 5.87. The fourth-order valence-corrected chi connectivity index (χ4v) is 1.55. The zero-order valence-corrected chi connectivity index (χ0v) is 9.83. The Labute approximate surface area is 96.4 Å². The molecule has 0 aliphatic rings. The van der Waals surface area contributed by atoms with Crippen molar-refractivity contribution >= 4 is 11.6 Å². The average Bonchev–Trinajstić information content (AvgIpc) is 2.18. The first kappa shape index (κ1) is 12.5. The molecule has 0 aromatic heterocycles. The standard InChI is InChI=1S/C12H18ClNO/c1-2-3-7-15-12(14)9-10-5-4-6-11(13)8-10/h4-6,8,12H,2-3,7,9,14H2,1H3. The molecule has 0 saturated heterocycles. The van der Waals surface area contributed by atoms with Gasteiger partial charge < -0.3 is 10.5 Å². The SMILES string of the molecule is CCCCOC(N)Cc1cccc(Cl)c1. The summed E-state index contributed by atoms with van der Waals surface area (Å²) < 4.78 is 5.46. The van der Waals surface area contributed by atoms with Gasteiger partial charge in [0, 0.05) is 18.1 Å². The molecule has 1 unspecified atom stereocenters. The lowest BCUT2D eigenvalue weighted by Crippen LogP contribution is -2.26. The molecule has 2 N–H and O–H groups in total. The van der Waals surface area contributed by atoms with Gasteiger partial charge in [0.15, 0.2) is 0 Å². The second-order valence-electron chi connectivity index (χ2n) is 3.60. The van der Waals surface area contributed by atoms with E-state index in [0.717, 1.165) is 30.0 Å². The third kappa shape index (κ3) is 5.17. The van der Waals surface area contributed by atoms with Crippen LogP contribution >= 0.6 is 11.6 Å². The Morgan fingerprint density at radius 1 is 1.47 bits per heavy atom. The number of nitrogens with two attached hydrogens (primary N) is 1. The Morgan fingerprint density at radius 3 is 2.93 bits per heavy atom. The highest BCUT2D eigenvalue weighted by Gasteiger charge is 2.03. The Balaban J connectivity index is 2.34. The molecule has 1 rings (SSSR count). The summed E-state index contributed by atoms with van der Waals surface area (Å²) in [4.78, 5) is 0. The molecule has 0 fully saturated rings. The number of hydrogen-bond acceptors (Lipinski definition) is 2. The van der Waals surface area contributed by atoms with E-state index in [1.54, 1.807) is 0 Å². The quantitative estimate of drug-likeness (QED) is 0.599. The maximum Gasteiger partial charge on any atom is 0.109 e. The molecule has 1 aromatic rings. The van der Waals surface area contributed by atoms with Crippen molar-refractivity contribution in [3.8, 4) is 0 Å². The molecule has 15 heavy (non-hydrogen) atoms. The number of unbranched alkanes of at least 4 members (excludes halogenated alkanes) is 1. The van der Waals surface area contributed by atoms with Crippen LogP contribution in [-0.2, 0) is 11.2 Å². The number of rotatable bonds is 6. The predicted molar refractivity (Wildman–Crippen MR) is 64.0 cm³/mol. The minimum atomic E-state index is -0.227. The fourth-order valence-electron chi connectivity index (χ4n) is 1.33. The van der Waals surface area contributed by atoms with Crippen molar-refractivity contribution in [1.29, 1.82) is 0 Å². The number of hydrogen-bond donors (Lipinski definition) is 1. The van der Waals surface area contributed by atoms with Gasteiger partial charge in [0.2, 0.25) is 0 Å². The fraction of sp³-hybridized carbons (Fsp3) is 0.500. The molecule has 0 saturated carbocycles. The van der Waals surface area contributed by atoms with Crippen molar-refractivity contribution in [3.05, 3.63) is 34.9 Å². The van der Waals surface area contributed by atoms with Gasteiger partial charge in [0.25, 0.3) is 0 Å². The molecule has 1 aromatic carbocycles. The van der Waals surface area contributed by atoms with Crippen LogP contribution in [0.4, 0.5) is 0 Å². The first-order valence-corrected chi connectivity index (χ1v) is 5.71. The molecular formula is C12H18ClNO. The highest BCUT2D eigenvalue weighted by Crippen LogP contribution is 2.12. The summed E-state index contributed by atoms with van der Waals surface area (Å²) in [6.07, 6.45) is 2.67. The van der Waals surface area contributed by atoms with E-state index in [0.29, 0.717) is 6.42 Å². The van der Waals surface area contributed by atoms with E-state index in [4.69, 9.17) is 22.1 Å². The lowest BCUT2D eigenvalue weighted by atomic mass is 10.1. The summed E-state index contributed by atoms with van der Waals surface area (Å²) in [7, 11) is 0. The van der Waals surface area contributed by atoms with Gasteiger partial charge in [0.1, 0.15) is 6.23 Å². The van der Waals surface area contributed by atoms with Crippen molar-refractivity contribution in [2.45, 2.75) is 32.4 Å². The Hall–Kier alpha value is -0.570. The van der Waals surface area contributed by atoms with Gasteiger partial charge in [-0.1, -0.05) is 37.1 Å². The van der Waals surface area contributed by atoms with E-state index >= 15 is 0 Å².